The molecule has 1 aromatic rings. The lowest BCUT2D eigenvalue weighted by molar-refractivity contribution is -0.142. The summed E-state index contributed by atoms with van der Waals surface area (Å²) in [7, 11) is 0. The van der Waals surface area contributed by atoms with E-state index in [-0.39, 0.29) is 25.0 Å². The molecule has 178 valence electrons. The Bertz CT molecular complexity index is 805. The van der Waals surface area contributed by atoms with Gasteiger partial charge < -0.3 is 42.6 Å². The zero-order valence-electron chi connectivity index (χ0n) is 17.0. The van der Waals surface area contributed by atoms with Gasteiger partial charge in [0.2, 0.25) is 23.6 Å². The Kier molecular flexibility index (Phi) is 11.2. The SMILES string of the molecule is NC(=O)CCC(NC(=O)C(Cc1cnc[nH]1)NC(=O)C(CS)NC(=O)C(N)CO)C(=O)O. The lowest BCUT2D eigenvalue weighted by atomic mass is 10.1. The molecule has 1 rings (SSSR count). The van der Waals surface area contributed by atoms with Crippen LogP contribution in [0.4, 0.5) is 0 Å². The Morgan fingerprint density at radius 3 is 2.16 bits per heavy atom. The maximum Gasteiger partial charge on any atom is 0.326 e. The van der Waals surface area contributed by atoms with E-state index in [1.54, 1.807) is 0 Å². The molecule has 4 amide bonds. The largest absolute Gasteiger partial charge is 0.480 e. The molecule has 0 radical (unpaired) electrons. The summed E-state index contributed by atoms with van der Waals surface area (Å²) in [6.07, 6.45) is 2.17. The fourth-order valence-electron chi connectivity index (χ4n) is 2.47. The first-order valence-electron chi connectivity index (χ1n) is 9.45. The van der Waals surface area contributed by atoms with Crippen LogP contribution in [-0.2, 0) is 30.4 Å². The summed E-state index contributed by atoms with van der Waals surface area (Å²) in [5, 5.41) is 25.2. The number of carbonyl (C=O) groups is 5. The number of carboxylic acids is 1. The number of carboxylic acid groups (broad SMARTS) is 1. The van der Waals surface area contributed by atoms with Gasteiger partial charge in [0.05, 0.1) is 12.9 Å². The second kappa shape index (κ2) is 13.3. The summed E-state index contributed by atoms with van der Waals surface area (Å²) >= 11 is 4.00. The predicted molar refractivity (Wildman–Crippen MR) is 113 cm³/mol. The van der Waals surface area contributed by atoms with E-state index < -0.39 is 60.4 Å². The van der Waals surface area contributed by atoms with Crippen LogP contribution in [0.2, 0.25) is 0 Å². The fourth-order valence-corrected chi connectivity index (χ4v) is 2.73. The molecule has 0 saturated carbocycles. The average Bonchev–Trinajstić information content (AvgIpc) is 3.26. The van der Waals surface area contributed by atoms with Gasteiger partial charge in [0.25, 0.3) is 0 Å². The van der Waals surface area contributed by atoms with Gasteiger partial charge in [-0.3, -0.25) is 19.2 Å². The third-order valence-electron chi connectivity index (χ3n) is 4.25. The van der Waals surface area contributed by atoms with Gasteiger partial charge in [0.15, 0.2) is 0 Å². The van der Waals surface area contributed by atoms with E-state index >= 15 is 0 Å². The number of primary amides is 1. The van der Waals surface area contributed by atoms with Gasteiger partial charge >= 0.3 is 5.97 Å². The van der Waals surface area contributed by atoms with Crippen LogP contribution in [0.3, 0.4) is 0 Å². The number of nitrogens with two attached hydrogens (primary N) is 2. The van der Waals surface area contributed by atoms with E-state index in [4.69, 9.17) is 16.6 Å². The third-order valence-corrected chi connectivity index (χ3v) is 4.62. The number of hydrogen-bond donors (Lipinski definition) is 9. The molecule has 0 fully saturated rings. The maximum atomic E-state index is 12.8. The number of aliphatic hydroxyl groups excluding tert-OH is 1. The third kappa shape index (κ3) is 8.91. The molecule has 0 aliphatic rings. The van der Waals surface area contributed by atoms with E-state index in [0.717, 1.165) is 0 Å². The summed E-state index contributed by atoms with van der Waals surface area (Å²) in [5.74, 6) is -4.70. The van der Waals surface area contributed by atoms with Crippen LogP contribution in [0, 0.1) is 0 Å². The number of hydrogen-bond acceptors (Lipinski definition) is 9. The molecular weight excluding hydrogens is 446 g/mol. The number of nitrogens with one attached hydrogen (secondary N) is 4. The van der Waals surface area contributed by atoms with Gasteiger partial charge in [0.1, 0.15) is 24.2 Å². The molecule has 15 heteroatoms. The molecule has 4 atom stereocenters. The lowest BCUT2D eigenvalue weighted by Gasteiger charge is -2.24. The normalized spacial score (nSPS) is 14.5. The van der Waals surface area contributed by atoms with Crippen molar-refractivity contribution < 1.29 is 34.2 Å². The van der Waals surface area contributed by atoms with Crippen molar-refractivity contribution in [1.29, 1.82) is 0 Å². The highest BCUT2D eigenvalue weighted by atomic mass is 32.1. The minimum absolute atomic E-state index is 0.0802. The number of H-pyrrole nitrogens is 1. The van der Waals surface area contributed by atoms with Crippen molar-refractivity contribution in [2.75, 3.05) is 12.4 Å². The molecule has 1 aromatic heterocycles. The standard InChI is InChI=1S/C17H27N7O7S/c18-9(5-25)14(27)24-12(6-32)16(29)23-11(3-8-4-20-7-21-8)15(28)22-10(17(30)31)1-2-13(19)26/h4,7,9-12,25,32H,1-3,5-6,18H2,(H2,19,26)(H,20,21)(H,22,28)(H,23,29)(H,24,27)(H,30,31). The molecule has 0 spiro atoms. The van der Waals surface area contributed by atoms with Crippen LogP contribution < -0.4 is 27.4 Å². The second-order valence-corrected chi connectivity index (χ2v) is 7.14. The Labute approximate surface area is 188 Å². The average molecular weight is 474 g/mol. The van der Waals surface area contributed by atoms with Crippen LogP contribution >= 0.6 is 12.6 Å². The summed E-state index contributed by atoms with van der Waals surface area (Å²) in [6.45, 7) is -0.639. The monoisotopic (exact) mass is 473 g/mol. The number of aromatic amines is 1. The maximum absolute atomic E-state index is 12.8. The summed E-state index contributed by atoms with van der Waals surface area (Å²) in [5.41, 5.74) is 10.9. The number of thiol groups is 1. The first kappa shape index (κ1) is 26.9. The molecule has 14 nitrogen and oxygen atoms in total. The van der Waals surface area contributed by atoms with Gasteiger partial charge in [-0.2, -0.15) is 12.6 Å². The zero-order chi connectivity index (χ0) is 24.3. The Balaban J connectivity index is 2.95. The quantitative estimate of drug-likeness (QED) is 0.119. The molecule has 0 aliphatic carbocycles. The van der Waals surface area contributed by atoms with E-state index in [0.29, 0.717) is 5.69 Å². The molecule has 0 aromatic carbocycles. The fraction of sp³-hybridized carbons (Fsp3) is 0.529. The Morgan fingerprint density at radius 2 is 1.66 bits per heavy atom. The molecular formula is C17H27N7O7S. The Morgan fingerprint density at radius 1 is 1.06 bits per heavy atom. The topological polar surface area (TPSA) is 243 Å². The number of aliphatic hydroxyl groups is 1. The van der Waals surface area contributed by atoms with Crippen molar-refractivity contribution in [3.63, 3.8) is 0 Å². The smallest absolute Gasteiger partial charge is 0.326 e. The van der Waals surface area contributed by atoms with E-state index in [1.165, 1.54) is 12.5 Å². The number of aromatic nitrogens is 2. The number of rotatable bonds is 14. The number of aliphatic carboxylic acids is 1. The van der Waals surface area contributed by atoms with Gasteiger partial charge in [-0.15, -0.1) is 0 Å². The van der Waals surface area contributed by atoms with Gasteiger partial charge in [-0.1, -0.05) is 0 Å². The Hall–Kier alpha value is -3.17. The van der Waals surface area contributed by atoms with E-state index in [9.17, 15) is 29.1 Å². The predicted octanol–water partition coefficient (Wildman–Crippen LogP) is -3.99. The van der Waals surface area contributed by atoms with Crippen LogP contribution in [0.5, 0.6) is 0 Å². The highest BCUT2D eigenvalue weighted by Crippen LogP contribution is 2.04. The molecule has 4 unspecified atom stereocenters. The molecule has 32 heavy (non-hydrogen) atoms. The highest BCUT2D eigenvalue weighted by Gasteiger charge is 2.30. The van der Waals surface area contributed by atoms with Crippen molar-refractivity contribution in [3.8, 4) is 0 Å². The minimum atomic E-state index is -1.42. The van der Waals surface area contributed by atoms with Crippen LogP contribution in [-0.4, -0.2) is 86.3 Å². The van der Waals surface area contributed by atoms with Crippen LogP contribution in [0.1, 0.15) is 18.5 Å². The van der Waals surface area contributed by atoms with Crippen molar-refractivity contribution in [1.82, 2.24) is 25.9 Å². The molecule has 0 saturated heterocycles. The molecule has 1 heterocycles. The van der Waals surface area contributed by atoms with Crippen LogP contribution in [0.25, 0.3) is 0 Å². The van der Waals surface area contributed by atoms with E-state index in [2.05, 4.69) is 38.5 Å². The number of amides is 4. The molecule has 0 bridgehead atoms. The molecule has 10 N–H and O–H groups in total. The molecule has 0 aliphatic heterocycles. The van der Waals surface area contributed by atoms with Crippen molar-refractivity contribution in [3.05, 3.63) is 18.2 Å². The summed E-state index contributed by atoms with van der Waals surface area (Å²) in [4.78, 5) is 66.2. The lowest BCUT2D eigenvalue weighted by Crippen LogP contribution is -2.58. The number of carbonyl (C=O) groups excluding carboxylic acids is 4. The van der Waals surface area contributed by atoms with E-state index in [1.807, 2.05) is 0 Å². The van der Waals surface area contributed by atoms with Crippen LogP contribution in [0.15, 0.2) is 12.5 Å². The van der Waals surface area contributed by atoms with Gasteiger partial charge in [-0.05, 0) is 6.42 Å². The highest BCUT2D eigenvalue weighted by molar-refractivity contribution is 7.80. The number of imidazole rings is 1. The number of nitrogens with zero attached hydrogens (tertiary/aromatic N) is 1. The van der Waals surface area contributed by atoms with Crippen molar-refractivity contribution in [2.45, 2.75) is 43.4 Å². The first-order chi connectivity index (χ1) is 15.1. The second-order valence-electron chi connectivity index (χ2n) is 6.78. The van der Waals surface area contributed by atoms with Crippen molar-refractivity contribution >= 4 is 42.2 Å². The summed E-state index contributed by atoms with van der Waals surface area (Å²) in [6, 6.07) is -5.12. The zero-order valence-corrected chi connectivity index (χ0v) is 17.9. The first-order valence-corrected chi connectivity index (χ1v) is 10.1. The van der Waals surface area contributed by atoms with Crippen molar-refractivity contribution in [2.24, 2.45) is 11.5 Å². The van der Waals surface area contributed by atoms with Gasteiger partial charge in [-0.25, -0.2) is 9.78 Å². The minimum Gasteiger partial charge on any atom is -0.480 e. The summed E-state index contributed by atoms with van der Waals surface area (Å²) < 4.78 is 0. The van der Waals surface area contributed by atoms with Gasteiger partial charge in [0, 0.05) is 30.5 Å².